The SMILES string of the molecule is CCCCCc1ccc(-c2ccc(C3CCC(C4CCC(CC(C)COC=O)CC4)CC3)cc2CC)cc1C. The van der Waals surface area contributed by atoms with Crippen LogP contribution in [-0.4, -0.2) is 13.1 Å². The fourth-order valence-corrected chi connectivity index (χ4v) is 7.81. The Balaban J connectivity index is 1.30. The molecule has 2 aliphatic rings. The Morgan fingerprint density at radius 1 is 0.872 bits per heavy atom. The molecule has 2 heteroatoms. The molecule has 0 bridgehead atoms. The number of hydrogen-bond acceptors (Lipinski definition) is 2. The van der Waals surface area contributed by atoms with Crippen LogP contribution < -0.4 is 0 Å². The quantitative estimate of drug-likeness (QED) is 0.190. The molecule has 2 fully saturated rings. The van der Waals surface area contributed by atoms with E-state index in [0.717, 1.165) is 30.1 Å². The molecule has 0 aliphatic heterocycles. The van der Waals surface area contributed by atoms with Crippen molar-refractivity contribution < 1.29 is 9.53 Å². The maximum atomic E-state index is 10.5. The van der Waals surface area contributed by atoms with Gasteiger partial charge in [-0.05, 0) is 134 Å². The van der Waals surface area contributed by atoms with Gasteiger partial charge in [0.1, 0.15) is 0 Å². The molecule has 4 rings (SSSR count). The van der Waals surface area contributed by atoms with Crippen molar-refractivity contribution in [1.82, 2.24) is 0 Å². The smallest absolute Gasteiger partial charge is 0.293 e. The first-order valence-corrected chi connectivity index (χ1v) is 16.3. The lowest BCUT2D eigenvalue weighted by Crippen LogP contribution is -2.26. The summed E-state index contributed by atoms with van der Waals surface area (Å²) in [5.41, 5.74) is 8.88. The molecule has 1 unspecified atom stereocenters. The van der Waals surface area contributed by atoms with Gasteiger partial charge in [-0.3, -0.25) is 4.79 Å². The number of aryl methyl sites for hydroxylation is 3. The van der Waals surface area contributed by atoms with Crippen LogP contribution in [0.25, 0.3) is 11.1 Å². The molecule has 0 N–H and O–H groups in total. The zero-order valence-corrected chi connectivity index (χ0v) is 25.4. The Bertz CT molecular complexity index is 1020. The molecule has 2 aromatic rings. The van der Waals surface area contributed by atoms with Gasteiger partial charge in [0.2, 0.25) is 0 Å². The molecule has 0 saturated heterocycles. The summed E-state index contributed by atoms with van der Waals surface area (Å²) in [4.78, 5) is 10.5. The zero-order chi connectivity index (χ0) is 27.6. The Morgan fingerprint density at radius 3 is 2.23 bits per heavy atom. The summed E-state index contributed by atoms with van der Waals surface area (Å²) >= 11 is 0. The Labute approximate surface area is 239 Å². The van der Waals surface area contributed by atoms with Gasteiger partial charge in [-0.15, -0.1) is 0 Å². The van der Waals surface area contributed by atoms with Crippen LogP contribution in [0.3, 0.4) is 0 Å². The fourth-order valence-electron chi connectivity index (χ4n) is 7.81. The maximum absolute atomic E-state index is 10.5. The fraction of sp³-hybridized carbons (Fsp3) is 0.649. The van der Waals surface area contributed by atoms with Crippen LogP contribution in [0.5, 0.6) is 0 Å². The van der Waals surface area contributed by atoms with Crippen molar-refractivity contribution >= 4 is 6.47 Å². The summed E-state index contributed by atoms with van der Waals surface area (Å²) in [6.07, 6.45) is 18.5. The predicted molar refractivity (Wildman–Crippen MR) is 165 cm³/mol. The largest absolute Gasteiger partial charge is 0.468 e. The highest BCUT2D eigenvalue weighted by molar-refractivity contribution is 5.69. The van der Waals surface area contributed by atoms with E-state index in [-0.39, 0.29) is 0 Å². The van der Waals surface area contributed by atoms with Gasteiger partial charge >= 0.3 is 0 Å². The van der Waals surface area contributed by atoms with Crippen molar-refractivity contribution in [3.05, 3.63) is 58.7 Å². The lowest BCUT2D eigenvalue weighted by atomic mass is 9.67. The second-order valence-electron chi connectivity index (χ2n) is 13.0. The van der Waals surface area contributed by atoms with E-state index in [1.165, 1.54) is 111 Å². The third kappa shape index (κ3) is 8.21. The van der Waals surface area contributed by atoms with Crippen molar-refractivity contribution in [2.24, 2.45) is 23.7 Å². The Hall–Kier alpha value is -2.09. The minimum absolute atomic E-state index is 0.491. The molecule has 0 heterocycles. The lowest BCUT2D eigenvalue weighted by Gasteiger charge is -2.38. The average molecular weight is 531 g/mol. The van der Waals surface area contributed by atoms with Crippen LogP contribution in [-0.2, 0) is 22.4 Å². The molecule has 2 aromatic carbocycles. The first-order chi connectivity index (χ1) is 19.0. The summed E-state index contributed by atoms with van der Waals surface area (Å²) in [5, 5.41) is 0. The number of rotatable bonds is 13. The first kappa shape index (κ1) is 29.9. The van der Waals surface area contributed by atoms with E-state index in [0.29, 0.717) is 19.0 Å². The van der Waals surface area contributed by atoms with Crippen LogP contribution in [0.2, 0.25) is 0 Å². The highest BCUT2D eigenvalue weighted by Gasteiger charge is 2.31. The predicted octanol–water partition coefficient (Wildman–Crippen LogP) is 10.2. The summed E-state index contributed by atoms with van der Waals surface area (Å²) in [5.74, 6) is 3.92. The van der Waals surface area contributed by atoms with Crippen molar-refractivity contribution in [2.75, 3.05) is 6.61 Å². The second kappa shape index (κ2) is 15.1. The van der Waals surface area contributed by atoms with E-state index < -0.39 is 0 Å². The standard InChI is InChI=1S/C37H54O2/c1-5-7-8-9-31-14-19-36(23-28(31)4)37-21-20-35(24-30(37)6-2)34-17-15-33(16-18-34)32-12-10-29(11-13-32)22-27(3)25-39-26-38/h14,19-21,23-24,26-27,29,32-34H,5-13,15-18,22,25H2,1-4H3. The van der Waals surface area contributed by atoms with Crippen molar-refractivity contribution in [1.29, 1.82) is 0 Å². The zero-order valence-electron chi connectivity index (χ0n) is 25.4. The van der Waals surface area contributed by atoms with Crippen LogP contribution in [0, 0.1) is 30.6 Å². The summed E-state index contributed by atoms with van der Waals surface area (Å²) < 4.78 is 4.99. The van der Waals surface area contributed by atoms with E-state index >= 15 is 0 Å². The third-order valence-electron chi connectivity index (χ3n) is 10.2. The Kier molecular flexibility index (Phi) is 11.5. The third-order valence-corrected chi connectivity index (χ3v) is 10.2. The van der Waals surface area contributed by atoms with E-state index in [2.05, 4.69) is 64.1 Å². The van der Waals surface area contributed by atoms with Gasteiger partial charge in [0, 0.05) is 0 Å². The first-order valence-electron chi connectivity index (χ1n) is 16.3. The normalized spacial score (nSPS) is 24.3. The number of ether oxygens (including phenoxy) is 1. The van der Waals surface area contributed by atoms with Gasteiger partial charge < -0.3 is 4.74 Å². The van der Waals surface area contributed by atoms with Crippen LogP contribution in [0.4, 0.5) is 0 Å². The molecule has 2 nitrogen and oxygen atoms in total. The van der Waals surface area contributed by atoms with Crippen molar-refractivity contribution in [3.8, 4) is 11.1 Å². The lowest BCUT2D eigenvalue weighted by molar-refractivity contribution is -0.130. The summed E-state index contributed by atoms with van der Waals surface area (Å²) in [6.45, 7) is 10.3. The highest BCUT2D eigenvalue weighted by atomic mass is 16.5. The van der Waals surface area contributed by atoms with Crippen molar-refractivity contribution in [2.45, 2.75) is 124 Å². The number of unbranched alkanes of at least 4 members (excludes halogenated alkanes) is 2. The van der Waals surface area contributed by atoms with E-state index in [4.69, 9.17) is 4.74 Å². The molecule has 0 amide bonds. The molecule has 0 radical (unpaired) electrons. The number of benzene rings is 2. The summed E-state index contributed by atoms with van der Waals surface area (Å²) in [7, 11) is 0. The van der Waals surface area contributed by atoms with Crippen LogP contribution in [0.15, 0.2) is 36.4 Å². The maximum Gasteiger partial charge on any atom is 0.293 e. The van der Waals surface area contributed by atoms with Crippen LogP contribution >= 0.6 is 0 Å². The molecule has 0 aromatic heterocycles. The number of hydrogen-bond donors (Lipinski definition) is 0. The van der Waals surface area contributed by atoms with Gasteiger partial charge in [-0.1, -0.05) is 82.9 Å². The molecule has 214 valence electrons. The van der Waals surface area contributed by atoms with Gasteiger partial charge in [0.25, 0.3) is 6.47 Å². The monoisotopic (exact) mass is 530 g/mol. The highest BCUT2D eigenvalue weighted by Crippen LogP contribution is 2.45. The molecule has 1 atom stereocenters. The molecular weight excluding hydrogens is 476 g/mol. The van der Waals surface area contributed by atoms with Gasteiger partial charge in [0.05, 0.1) is 6.61 Å². The van der Waals surface area contributed by atoms with E-state index in [1.54, 1.807) is 5.56 Å². The van der Waals surface area contributed by atoms with E-state index in [9.17, 15) is 4.79 Å². The van der Waals surface area contributed by atoms with Gasteiger partial charge in [-0.25, -0.2) is 0 Å². The minimum Gasteiger partial charge on any atom is -0.468 e. The number of carbonyl (C=O) groups is 1. The molecule has 2 saturated carbocycles. The molecule has 2 aliphatic carbocycles. The minimum atomic E-state index is 0.491. The Morgan fingerprint density at radius 2 is 1.59 bits per heavy atom. The van der Waals surface area contributed by atoms with E-state index in [1.807, 2.05) is 0 Å². The molecule has 39 heavy (non-hydrogen) atoms. The topological polar surface area (TPSA) is 26.3 Å². The average Bonchev–Trinajstić information content (AvgIpc) is 2.97. The van der Waals surface area contributed by atoms with Gasteiger partial charge in [-0.2, -0.15) is 0 Å². The summed E-state index contributed by atoms with van der Waals surface area (Å²) in [6, 6.07) is 14.6. The second-order valence-corrected chi connectivity index (χ2v) is 13.0. The van der Waals surface area contributed by atoms with Crippen LogP contribution in [0.1, 0.15) is 126 Å². The van der Waals surface area contributed by atoms with Gasteiger partial charge in [0.15, 0.2) is 0 Å². The number of carbonyl (C=O) groups excluding carboxylic acids is 1. The molecule has 0 spiro atoms. The van der Waals surface area contributed by atoms with Crippen molar-refractivity contribution in [3.63, 3.8) is 0 Å². The molecular formula is C37H54O2.